The summed E-state index contributed by atoms with van der Waals surface area (Å²) < 4.78 is 12.3. The first-order chi connectivity index (χ1) is 10.3. The molecule has 1 aliphatic carbocycles. The van der Waals surface area contributed by atoms with Crippen LogP contribution in [0.4, 0.5) is 0 Å². The number of benzene rings is 1. The summed E-state index contributed by atoms with van der Waals surface area (Å²) in [6.45, 7) is 2.80. The molecule has 1 heterocycles. The van der Waals surface area contributed by atoms with Crippen LogP contribution in [0.15, 0.2) is 16.6 Å². The lowest BCUT2D eigenvalue weighted by Crippen LogP contribution is -2.29. The molecule has 3 rings (SSSR count). The maximum absolute atomic E-state index is 5.94. The van der Waals surface area contributed by atoms with E-state index in [-0.39, 0.29) is 6.04 Å². The highest BCUT2D eigenvalue weighted by Gasteiger charge is 2.21. The smallest absolute Gasteiger partial charge is 0.175 e. The third-order valence-corrected chi connectivity index (χ3v) is 4.72. The molecule has 0 spiro atoms. The lowest BCUT2D eigenvalue weighted by atomic mass is 10.1. The molecular weight excluding hydrogens is 332 g/mol. The van der Waals surface area contributed by atoms with E-state index >= 15 is 0 Å². The fraction of sp³-hybridized carbons (Fsp3) is 0.625. The molecule has 0 radical (unpaired) electrons. The number of hydrogen-bond acceptors (Lipinski definition) is 4. The van der Waals surface area contributed by atoms with Gasteiger partial charge in [0.25, 0.3) is 0 Å². The van der Waals surface area contributed by atoms with Crippen molar-refractivity contribution >= 4 is 15.9 Å². The van der Waals surface area contributed by atoms with Gasteiger partial charge < -0.3 is 20.5 Å². The van der Waals surface area contributed by atoms with E-state index in [1.54, 1.807) is 0 Å². The lowest BCUT2D eigenvalue weighted by Gasteiger charge is -2.23. The zero-order chi connectivity index (χ0) is 14.7. The topological polar surface area (TPSA) is 56.5 Å². The molecular formula is C16H23BrN2O2. The van der Waals surface area contributed by atoms with Crippen LogP contribution in [-0.2, 0) is 0 Å². The molecule has 1 aromatic carbocycles. The Morgan fingerprint density at radius 1 is 1.29 bits per heavy atom. The number of rotatable bonds is 7. The van der Waals surface area contributed by atoms with Crippen LogP contribution in [0.25, 0.3) is 0 Å². The number of fused-ring (bicyclic) bond motifs is 1. The van der Waals surface area contributed by atoms with Gasteiger partial charge in [0.05, 0.1) is 4.47 Å². The molecule has 1 aliphatic heterocycles. The first-order valence-corrected chi connectivity index (χ1v) is 8.59. The van der Waals surface area contributed by atoms with Crippen molar-refractivity contribution in [3.8, 4) is 11.5 Å². The predicted molar refractivity (Wildman–Crippen MR) is 86.9 cm³/mol. The second kappa shape index (κ2) is 6.99. The van der Waals surface area contributed by atoms with E-state index < -0.39 is 0 Å². The van der Waals surface area contributed by atoms with Crippen molar-refractivity contribution in [1.29, 1.82) is 0 Å². The van der Waals surface area contributed by atoms with Crippen molar-refractivity contribution in [2.75, 3.05) is 26.3 Å². The van der Waals surface area contributed by atoms with E-state index in [2.05, 4.69) is 27.3 Å². The summed E-state index contributed by atoms with van der Waals surface area (Å²) in [5.74, 6) is 2.60. The molecule has 0 amide bonds. The van der Waals surface area contributed by atoms with Crippen molar-refractivity contribution in [1.82, 2.24) is 5.32 Å². The Hall–Kier alpha value is -0.780. The third kappa shape index (κ3) is 3.90. The highest BCUT2D eigenvalue weighted by atomic mass is 79.9. The van der Waals surface area contributed by atoms with Crippen LogP contribution in [0.3, 0.4) is 0 Å². The van der Waals surface area contributed by atoms with Gasteiger partial charge in [0.2, 0.25) is 0 Å². The summed E-state index contributed by atoms with van der Waals surface area (Å²) in [6.07, 6.45) is 5.42. The lowest BCUT2D eigenvalue weighted by molar-refractivity contribution is 0.170. The van der Waals surface area contributed by atoms with Gasteiger partial charge in [0, 0.05) is 12.6 Å². The minimum absolute atomic E-state index is 0.163. The molecule has 1 atom stereocenters. The Bertz CT molecular complexity index is 491. The summed E-state index contributed by atoms with van der Waals surface area (Å²) in [5.41, 5.74) is 7.09. The molecule has 4 nitrogen and oxygen atoms in total. The molecule has 0 aromatic heterocycles. The molecule has 1 unspecified atom stereocenters. The number of ether oxygens (including phenoxy) is 2. The Labute approximate surface area is 134 Å². The van der Waals surface area contributed by atoms with E-state index in [4.69, 9.17) is 15.2 Å². The van der Waals surface area contributed by atoms with Gasteiger partial charge >= 0.3 is 0 Å². The Morgan fingerprint density at radius 3 is 2.86 bits per heavy atom. The Kier molecular flexibility index (Phi) is 5.03. The van der Waals surface area contributed by atoms with E-state index in [1.165, 1.54) is 25.7 Å². The second-order valence-corrected chi connectivity index (χ2v) is 6.71. The number of nitrogens with one attached hydrogen (secondary N) is 1. The minimum Gasteiger partial charge on any atom is -0.486 e. The van der Waals surface area contributed by atoms with Crippen molar-refractivity contribution in [3.63, 3.8) is 0 Å². The summed E-state index contributed by atoms with van der Waals surface area (Å²) in [6, 6.07) is 4.29. The molecule has 0 bridgehead atoms. The second-order valence-electron chi connectivity index (χ2n) is 5.85. The van der Waals surface area contributed by atoms with Gasteiger partial charge in [-0.3, -0.25) is 0 Å². The highest BCUT2D eigenvalue weighted by Crippen LogP contribution is 2.39. The summed E-state index contributed by atoms with van der Waals surface area (Å²) in [7, 11) is 0. The maximum Gasteiger partial charge on any atom is 0.175 e. The molecule has 1 aromatic rings. The van der Waals surface area contributed by atoms with Crippen LogP contribution in [0.5, 0.6) is 11.5 Å². The van der Waals surface area contributed by atoms with Gasteiger partial charge in [0.1, 0.15) is 13.2 Å². The average molecular weight is 355 g/mol. The molecule has 5 heteroatoms. The van der Waals surface area contributed by atoms with Crippen LogP contribution in [-0.4, -0.2) is 26.3 Å². The van der Waals surface area contributed by atoms with E-state index in [9.17, 15) is 0 Å². The van der Waals surface area contributed by atoms with Crippen molar-refractivity contribution in [3.05, 3.63) is 22.2 Å². The fourth-order valence-corrected chi connectivity index (χ4v) is 3.32. The van der Waals surface area contributed by atoms with Crippen molar-refractivity contribution in [2.24, 2.45) is 11.7 Å². The SMILES string of the molecule is NCC(NCCCC1CC1)c1cc(Br)c2c(c1)OCCO2. The molecule has 0 saturated heterocycles. The number of nitrogens with two attached hydrogens (primary N) is 1. The quantitative estimate of drug-likeness (QED) is 0.739. The summed E-state index contributed by atoms with van der Waals surface area (Å²) in [4.78, 5) is 0. The summed E-state index contributed by atoms with van der Waals surface area (Å²) >= 11 is 3.57. The molecule has 3 N–H and O–H groups in total. The monoisotopic (exact) mass is 354 g/mol. The normalized spacial score (nSPS) is 18.6. The van der Waals surface area contributed by atoms with Crippen LogP contribution < -0.4 is 20.5 Å². The molecule has 1 fully saturated rings. The van der Waals surface area contributed by atoms with E-state index in [1.807, 2.05) is 6.07 Å². The standard InChI is InChI=1S/C16H23BrN2O2/c17-13-8-12(9-15-16(13)21-7-6-20-15)14(10-18)19-5-1-2-11-3-4-11/h8-9,11,14,19H,1-7,10,18H2. The van der Waals surface area contributed by atoms with Gasteiger partial charge in [-0.05, 0) is 58.9 Å². The zero-order valence-corrected chi connectivity index (χ0v) is 13.8. The first kappa shape index (κ1) is 15.1. The van der Waals surface area contributed by atoms with Crippen molar-refractivity contribution in [2.45, 2.75) is 31.7 Å². The van der Waals surface area contributed by atoms with Crippen molar-refractivity contribution < 1.29 is 9.47 Å². The highest BCUT2D eigenvalue weighted by molar-refractivity contribution is 9.10. The van der Waals surface area contributed by atoms with Crippen LogP contribution >= 0.6 is 15.9 Å². The predicted octanol–water partition coefficient (Wildman–Crippen LogP) is 3.00. The Morgan fingerprint density at radius 2 is 2.10 bits per heavy atom. The molecule has 1 saturated carbocycles. The maximum atomic E-state index is 5.94. The third-order valence-electron chi connectivity index (χ3n) is 4.13. The zero-order valence-electron chi connectivity index (χ0n) is 12.2. The number of hydrogen-bond donors (Lipinski definition) is 2. The minimum atomic E-state index is 0.163. The Balaban J connectivity index is 1.63. The van der Waals surface area contributed by atoms with Crippen LogP contribution in [0.1, 0.15) is 37.3 Å². The van der Waals surface area contributed by atoms with E-state index in [0.29, 0.717) is 19.8 Å². The van der Waals surface area contributed by atoms with Gasteiger partial charge in [0.15, 0.2) is 11.5 Å². The molecule has 21 heavy (non-hydrogen) atoms. The molecule has 2 aliphatic rings. The van der Waals surface area contributed by atoms with Gasteiger partial charge in [-0.15, -0.1) is 0 Å². The number of halogens is 1. The molecule has 116 valence electrons. The largest absolute Gasteiger partial charge is 0.486 e. The fourth-order valence-electron chi connectivity index (χ4n) is 2.74. The van der Waals surface area contributed by atoms with Crippen LogP contribution in [0, 0.1) is 5.92 Å². The first-order valence-electron chi connectivity index (χ1n) is 7.80. The van der Waals surface area contributed by atoms with Gasteiger partial charge in [-0.1, -0.05) is 12.8 Å². The van der Waals surface area contributed by atoms with E-state index in [0.717, 1.165) is 34.0 Å². The van der Waals surface area contributed by atoms with Gasteiger partial charge in [-0.2, -0.15) is 0 Å². The van der Waals surface area contributed by atoms with Crippen LogP contribution in [0.2, 0.25) is 0 Å². The summed E-state index contributed by atoms with van der Waals surface area (Å²) in [5, 5.41) is 3.56. The average Bonchev–Trinajstić information content (AvgIpc) is 3.31. The van der Waals surface area contributed by atoms with Gasteiger partial charge in [-0.25, -0.2) is 0 Å².